The van der Waals surface area contributed by atoms with Crippen LogP contribution in [0.15, 0.2) is 36.5 Å². The summed E-state index contributed by atoms with van der Waals surface area (Å²) in [6.07, 6.45) is 5.01. The average molecular weight is 295 g/mol. The van der Waals surface area contributed by atoms with Gasteiger partial charge in [0.1, 0.15) is 5.82 Å². The molecule has 1 aromatic heterocycles. The molecule has 1 amide bonds. The summed E-state index contributed by atoms with van der Waals surface area (Å²) in [6, 6.07) is 10.3. The Balaban J connectivity index is 1.56. The van der Waals surface area contributed by atoms with E-state index in [2.05, 4.69) is 29.0 Å². The number of rotatable bonds is 3. The van der Waals surface area contributed by atoms with Crippen LogP contribution in [0.4, 0.5) is 0 Å². The van der Waals surface area contributed by atoms with Gasteiger partial charge < -0.3 is 9.88 Å². The average Bonchev–Trinajstić information content (AvgIpc) is 2.99. The Morgan fingerprint density at radius 3 is 2.82 bits per heavy atom. The highest BCUT2D eigenvalue weighted by atomic mass is 16.2. The molecule has 4 heteroatoms. The number of carbonyl (C=O) groups is 1. The van der Waals surface area contributed by atoms with E-state index in [9.17, 15) is 4.79 Å². The molecule has 2 heterocycles. The van der Waals surface area contributed by atoms with E-state index < -0.39 is 0 Å². The fourth-order valence-electron chi connectivity index (χ4n) is 3.46. The maximum absolute atomic E-state index is 12.6. The normalized spacial score (nSPS) is 27.1. The lowest BCUT2D eigenvalue weighted by Crippen LogP contribution is -2.32. The Hall–Kier alpha value is -2.10. The summed E-state index contributed by atoms with van der Waals surface area (Å²) >= 11 is 0. The van der Waals surface area contributed by atoms with E-state index >= 15 is 0 Å². The van der Waals surface area contributed by atoms with Crippen LogP contribution < -0.4 is 0 Å². The fourth-order valence-corrected chi connectivity index (χ4v) is 3.46. The van der Waals surface area contributed by atoms with Crippen LogP contribution in [0.25, 0.3) is 11.3 Å². The predicted octanol–water partition coefficient (Wildman–Crippen LogP) is 3.40. The quantitative estimate of drug-likeness (QED) is 0.943. The minimum absolute atomic E-state index is 0.123. The molecule has 0 bridgehead atoms. The molecular formula is C18H21N3O. The van der Waals surface area contributed by atoms with Crippen LogP contribution in [-0.2, 0) is 4.79 Å². The van der Waals surface area contributed by atoms with Gasteiger partial charge in [0.05, 0.1) is 17.9 Å². The van der Waals surface area contributed by atoms with Crippen molar-refractivity contribution in [2.45, 2.75) is 32.2 Å². The maximum atomic E-state index is 12.6. The first kappa shape index (κ1) is 13.6. The predicted molar refractivity (Wildman–Crippen MR) is 85.0 cm³/mol. The second kappa shape index (κ2) is 5.27. The van der Waals surface area contributed by atoms with Crippen LogP contribution in [0.3, 0.4) is 0 Å². The fraction of sp³-hybridized carbons (Fsp3) is 0.444. The smallest absolute Gasteiger partial charge is 0.226 e. The standard InChI is InChI=1S/C18H21N3O/c1-12-10-14(12)18(22)21-9-5-8-16(21)17-19-11-15(20-17)13-6-3-2-4-7-13/h2-4,6-7,11-12,14,16H,5,8-10H2,1H3,(H,19,20). The van der Waals surface area contributed by atoms with Gasteiger partial charge in [-0.1, -0.05) is 37.3 Å². The minimum Gasteiger partial charge on any atom is -0.340 e. The van der Waals surface area contributed by atoms with E-state index in [1.807, 2.05) is 29.3 Å². The first-order valence-corrected chi connectivity index (χ1v) is 8.15. The van der Waals surface area contributed by atoms with Crippen molar-refractivity contribution in [2.75, 3.05) is 6.54 Å². The summed E-state index contributed by atoms with van der Waals surface area (Å²) in [7, 11) is 0. The molecular weight excluding hydrogens is 274 g/mol. The molecule has 1 aliphatic carbocycles. The van der Waals surface area contributed by atoms with Crippen LogP contribution in [0.5, 0.6) is 0 Å². The Labute approximate surface area is 130 Å². The number of nitrogens with one attached hydrogen (secondary N) is 1. The molecule has 2 aromatic rings. The molecule has 2 fully saturated rings. The van der Waals surface area contributed by atoms with Crippen LogP contribution in [0.2, 0.25) is 0 Å². The zero-order valence-electron chi connectivity index (χ0n) is 12.8. The summed E-state index contributed by atoms with van der Waals surface area (Å²) in [4.78, 5) is 22.6. The van der Waals surface area contributed by atoms with E-state index in [4.69, 9.17) is 0 Å². The summed E-state index contributed by atoms with van der Waals surface area (Å²) < 4.78 is 0. The van der Waals surface area contributed by atoms with Crippen molar-refractivity contribution in [3.05, 3.63) is 42.4 Å². The number of H-pyrrole nitrogens is 1. The lowest BCUT2D eigenvalue weighted by Gasteiger charge is -2.23. The van der Waals surface area contributed by atoms with Gasteiger partial charge in [0.2, 0.25) is 5.91 Å². The Kier molecular flexibility index (Phi) is 3.25. The summed E-state index contributed by atoms with van der Waals surface area (Å²) in [5.74, 6) is 2.07. The van der Waals surface area contributed by atoms with Gasteiger partial charge in [-0.05, 0) is 30.7 Å². The summed E-state index contributed by atoms with van der Waals surface area (Å²) in [5, 5.41) is 0. The number of likely N-dealkylation sites (tertiary alicyclic amines) is 1. The van der Waals surface area contributed by atoms with Gasteiger partial charge in [-0.25, -0.2) is 4.98 Å². The summed E-state index contributed by atoms with van der Waals surface area (Å²) in [5.41, 5.74) is 2.16. The third kappa shape index (κ3) is 2.32. The molecule has 1 aliphatic heterocycles. The van der Waals surface area contributed by atoms with E-state index in [0.29, 0.717) is 11.8 Å². The monoisotopic (exact) mass is 295 g/mol. The Morgan fingerprint density at radius 1 is 1.32 bits per heavy atom. The van der Waals surface area contributed by atoms with Gasteiger partial charge in [-0.15, -0.1) is 0 Å². The first-order valence-electron chi connectivity index (χ1n) is 8.15. The van der Waals surface area contributed by atoms with Crippen molar-refractivity contribution in [2.24, 2.45) is 11.8 Å². The van der Waals surface area contributed by atoms with Crippen molar-refractivity contribution in [3.8, 4) is 11.3 Å². The van der Waals surface area contributed by atoms with Gasteiger partial charge in [-0.2, -0.15) is 0 Å². The number of hydrogen-bond donors (Lipinski definition) is 1. The first-order chi connectivity index (χ1) is 10.7. The van der Waals surface area contributed by atoms with Crippen molar-refractivity contribution in [1.82, 2.24) is 14.9 Å². The number of aromatic amines is 1. The molecule has 22 heavy (non-hydrogen) atoms. The molecule has 1 saturated carbocycles. The lowest BCUT2D eigenvalue weighted by atomic mass is 10.2. The largest absolute Gasteiger partial charge is 0.340 e. The van der Waals surface area contributed by atoms with Crippen molar-refractivity contribution >= 4 is 5.91 Å². The third-order valence-corrected chi connectivity index (χ3v) is 4.96. The second-order valence-electron chi connectivity index (χ2n) is 6.56. The van der Waals surface area contributed by atoms with Crippen molar-refractivity contribution in [3.63, 3.8) is 0 Å². The van der Waals surface area contributed by atoms with Gasteiger partial charge in [0.25, 0.3) is 0 Å². The molecule has 114 valence electrons. The lowest BCUT2D eigenvalue weighted by molar-refractivity contribution is -0.133. The van der Waals surface area contributed by atoms with E-state index in [0.717, 1.165) is 42.9 Å². The third-order valence-electron chi connectivity index (χ3n) is 4.96. The van der Waals surface area contributed by atoms with Crippen molar-refractivity contribution in [1.29, 1.82) is 0 Å². The molecule has 0 spiro atoms. The van der Waals surface area contributed by atoms with E-state index in [1.54, 1.807) is 0 Å². The minimum atomic E-state index is 0.123. The summed E-state index contributed by atoms with van der Waals surface area (Å²) in [6.45, 7) is 3.03. The Bertz CT molecular complexity index is 679. The molecule has 3 atom stereocenters. The van der Waals surface area contributed by atoms with Crippen molar-refractivity contribution < 1.29 is 4.79 Å². The number of hydrogen-bond acceptors (Lipinski definition) is 2. The second-order valence-corrected chi connectivity index (χ2v) is 6.56. The molecule has 0 radical (unpaired) electrons. The van der Waals surface area contributed by atoms with Crippen LogP contribution in [0, 0.1) is 11.8 Å². The number of aromatic nitrogens is 2. The highest BCUT2D eigenvalue weighted by molar-refractivity contribution is 5.82. The molecule has 4 nitrogen and oxygen atoms in total. The highest BCUT2D eigenvalue weighted by Crippen LogP contribution is 2.42. The van der Waals surface area contributed by atoms with Gasteiger partial charge in [0, 0.05) is 12.5 Å². The van der Waals surface area contributed by atoms with Crippen LogP contribution in [-0.4, -0.2) is 27.3 Å². The maximum Gasteiger partial charge on any atom is 0.226 e. The molecule has 2 aliphatic rings. The molecule has 1 N–H and O–H groups in total. The number of amides is 1. The van der Waals surface area contributed by atoms with E-state index in [-0.39, 0.29) is 12.0 Å². The van der Waals surface area contributed by atoms with Gasteiger partial charge in [0.15, 0.2) is 0 Å². The van der Waals surface area contributed by atoms with Gasteiger partial charge in [-0.3, -0.25) is 4.79 Å². The molecule has 3 unspecified atom stereocenters. The zero-order chi connectivity index (χ0) is 15.1. The van der Waals surface area contributed by atoms with E-state index in [1.165, 1.54) is 0 Å². The SMILES string of the molecule is CC1CC1C(=O)N1CCCC1c1ncc(-c2ccccc2)[nH]1. The number of imidazole rings is 1. The van der Waals surface area contributed by atoms with Crippen LogP contribution in [0.1, 0.15) is 38.1 Å². The number of nitrogens with zero attached hydrogens (tertiary/aromatic N) is 2. The zero-order valence-corrected chi connectivity index (χ0v) is 12.8. The highest BCUT2D eigenvalue weighted by Gasteiger charge is 2.44. The molecule has 1 aromatic carbocycles. The Morgan fingerprint density at radius 2 is 2.09 bits per heavy atom. The number of carbonyl (C=O) groups excluding carboxylic acids is 1. The molecule has 1 saturated heterocycles. The number of benzene rings is 1. The van der Waals surface area contributed by atoms with Gasteiger partial charge >= 0.3 is 0 Å². The molecule has 4 rings (SSSR count). The topological polar surface area (TPSA) is 49.0 Å². The van der Waals surface area contributed by atoms with Crippen LogP contribution >= 0.6 is 0 Å².